The molecule has 1 aliphatic rings. The first-order valence-corrected chi connectivity index (χ1v) is 8.79. The van der Waals surface area contributed by atoms with Crippen molar-refractivity contribution in [3.05, 3.63) is 54.1 Å². The van der Waals surface area contributed by atoms with Crippen LogP contribution in [-0.4, -0.2) is 28.4 Å². The maximum atomic E-state index is 11.2. The summed E-state index contributed by atoms with van der Waals surface area (Å²) in [5.74, 6) is -0.0293. The maximum absolute atomic E-state index is 11.2. The first-order chi connectivity index (χ1) is 11.6. The molecule has 0 aliphatic carbocycles. The minimum atomic E-state index is -0.835. The van der Waals surface area contributed by atoms with E-state index in [1.54, 1.807) is 7.11 Å². The van der Waals surface area contributed by atoms with Crippen molar-refractivity contribution < 1.29 is 14.6 Å². The molecule has 0 bridgehead atoms. The highest BCUT2D eigenvalue weighted by atomic mass is 32.2. The molecular weight excluding hydrogens is 342 g/mol. The number of thiocarbonyl (C=S) groups is 1. The molecule has 0 fully saturated rings. The minimum Gasteiger partial charge on any atom is -0.497 e. The third kappa shape index (κ3) is 3.55. The average Bonchev–Trinajstić information content (AvgIpc) is 2.58. The molecule has 4 nitrogen and oxygen atoms in total. The number of methoxy groups -OCH3 is 1. The van der Waals surface area contributed by atoms with Gasteiger partial charge in [0.25, 0.3) is 0 Å². The quantitative estimate of drug-likeness (QED) is 0.815. The van der Waals surface area contributed by atoms with E-state index in [4.69, 9.17) is 22.1 Å². The highest BCUT2D eigenvalue weighted by Crippen LogP contribution is 2.41. The molecule has 1 atom stereocenters. The Labute approximate surface area is 150 Å². The van der Waals surface area contributed by atoms with Gasteiger partial charge >= 0.3 is 5.97 Å². The van der Waals surface area contributed by atoms with Crippen LogP contribution >= 0.6 is 24.0 Å². The summed E-state index contributed by atoms with van der Waals surface area (Å²) in [5.41, 5.74) is 2.12. The summed E-state index contributed by atoms with van der Waals surface area (Å²) >= 11 is 7.14. The number of fused-ring (bicyclic) bond motifs is 1. The molecule has 1 aliphatic heterocycles. The van der Waals surface area contributed by atoms with E-state index in [9.17, 15) is 4.79 Å². The van der Waals surface area contributed by atoms with Crippen LogP contribution in [0.4, 0.5) is 5.69 Å². The first kappa shape index (κ1) is 16.8. The van der Waals surface area contributed by atoms with Gasteiger partial charge < -0.3 is 14.7 Å². The van der Waals surface area contributed by atoms with E-state index >= 15 is 0 Å². The van der Waals surface area contributed by atoms with Gasteiger partial charge in [-0.3, -0.25) is 4.79 Å². The Kier molecular flexibility index (Phi) is 5.06. The van der Waals surface area contributed by atoms with Gasteiger partial charge in [-0.1, -0.05) is 36.5 Å². The second-order valence-electron chi connectivity index (χ2n) is 5.44. The molecule has 0 amide bonds. The molecule has 2 aromatic rings. The number of aliphatic carboxylic acids is 1. The predicted molar refractivity (Wildman–Crippen MR) is 100 cm³/mol. The number of rotatable bonds is 5. The number of thioether (sulfide) groups is 1. The lowest BCUT2D eigenvalue weighted by molar-refractivity contribution is -0.136. The molecule has 124 valence electrons. The van der Waals surface area contributed by atoms with Gasteiger partial charge in [-0.2, -0.15) is 0 Å². The highest BCUT2D eigenvalue weighted by Gasteiger charge is 2.31. The molecule has 0 aromatic heterocycles. The maximum Gasteiger partial charge on any atom is 0.304 e. The van der Waals surface area contributed by atoms with E-state index in [2.05, 4.69) is 0 Å². The number of carbonyl (C=O) groups is 1. The van der Waals surface area contributed by atoms with Crippen molar-refractivity contribution in [2.75, 3.05) is 12.0 Å². The van der Waals surface area contributed by atoms with E-state index in [1.807, 2.05) is 53.4 Å². The van der Waals surface area contributed by atoms with Crippen LogP contribution in [0.2, 0.25) is 0 Å². The van der Waals surface area contributed by atoms with Crippen LogP contribution in [0.15, 0.2) is 53.4 Å². The molecule has 1 unspecified atom stereocenters. The molecule has 2 aromatic carbocycles. The number of benzene rings is 2. The normalized spacial score (nSPS) is 16.6. The number of hydrogen-bond donors (Lipinski definition) is 1. The Morgan fingerprint density at radius 1 is 1.25 bits per heavy atom. The summed E-state index contributed by atoms with van der Waals surface area (Å²) in [5, 5.41) is 8.93. The van der Waals surface area contributed by atoms with E-state index in [1.165, 1.54) is 11.8 Å². The number of carboxylic acid groups (broad SMARTS) is 1. The smallest absolute Gasteiger partial charge is 0.304 e. The zero-order valence-corrected chi connectivity index (χ0v) is 14.8. The molecule has 6 heteroatoms. The third-order valence-corrected chi connectivity index (χ3v) is 5.75. The van der Waals surface area contributed by atoms with E-state index in [0.29, 0.717) is 11.5 Å². The molecule has 1 N–H and O–H groups in total. The number of ether oxygens (including phenoxy) is 1. The van der Waals surface area contributed by atoms with Crippen molar-refractivity contribution in [1.82, 2.24) is 0 Å². The zero-order chi connectivity index (χ0) is 17.1. The van der Waals surface area contributed by atoms with Gasteiger partial charge in [0.1, 0.15) is 5.75 Å². The Balaban J connectivity index is 1.90. The molecule has 1 heterocycles. The van der Waals surface area contributed by atoms with Gasteiger partial charge in [0, 0.05) is 11.4 Å². The van der Waals surface area contributed by atoms with Gasteiger partial charge in [-0.15, -0.1) is 11.8 Å². The number of anilines is 1. The average molecular weight is 359 g/mol. The number of para-hydroxylation sites is 1. The number of nitrogens with zero attached hydrogens (tertiary/aromatic N) is 1. The lowest BCUT2D eigenvalue weighted by Crippen LogP contribution is -2.40. The van der Waals surface area contributed by atoms with Crippen LogP contribution in [0.3, 0.4) is 0 Å². The lowest BCUT2D eigenvalue weighted by Gasteiger charge is -2.35. The second kappa shape index (κ2) is 7.23. The summed E-state index contributed by atoms with van der Waals surface area (Å²) in [6, 6.07) is 15.8. The van der Waals surface area contributed by atoms with Crippen molar-refractivity contribution >= 4 is 40.6 Å². The fourth-order valence-corrected chi connectivity index (χ4v) is 4.25. The van der Waals surface area contributed by atoms with E-state index in [-0.39, 0.29) is 11.7 Å². The Morgan fingerprint density at radius 2 is 1.96 bits per heavy atom. The second-order valence-corrected chi connectivity index (χ2v) is 7.11. The summed E-state index contributed by atoms with van der Waals surface area (Å²) in [6.07, 6.45) is 0.0247. The number of carboxylic acids is 1. The van der Waals surface area contributed by atoms with Crippen LogP contribution in [-0.2, 0) is 11.3 Å². The third-order valence-electron chi connectivity index (χ3n) is 3.83. The Bertz CT molecular complexity index is 761. The highest BCUT2D eigenvalue weighted by molar-refractivity contribution is 8.02. The van der Waals surface area contributed by atoms with E-state index in [0.717, 1.165) is 21.9 Å². The molecule has 0 saturated carbocycles. The Morgan fingerprint density at radius 3 is 2.62 bits per heavy atom. The van der Waals surface area contributed by atoms with Gasteiger partial charge in [0.2, 0.25) is 0 Å². The lowest BCUT2D eigenvalue weighted by atomic mass is 10.1. The molecule has 0 radical (unpaired) electrons. The molecule has 3 rings (SSSR count). The molecular formula is C18H17NO3S2. The van der Waals surface area contributed by atoms with Crippen molar-refractivity contribution in [1.29, 1.82) is 0 Å². The zero-order valence-electron chi connectivity index (χ0n) is 13.1. The van der Waals surface area contributed by atoms with Crippen molar-refractivity contribution in [2.24, 2.45) is 0 Å². The first-order valence-electron chi connectivity index (χ1n) is 7.50. The fraction of sp³-hybridized carbons (Fsp3) is 0.222. The van der Waals surface area contributed by atoms with Crippen LogP contribution in [0.5, 0.6) is 5.75 Å². The van der Waals surface area contributed by atoms with Gasteiger partial charge in [-0.05, 0) is 29.8 Å². The molecule has 0 saturated heterocycles. The topological polar surface area (TPSA) is 49.8 Å². The summed E-state index contributed by atoms with van der Waals surface area (Å²) in [7, 11) is 1.64. The molecule has 0 spiro atoms. The largest absolute Gasteiger partial charge is 0.497 e. The van der Waals surface area contributed by atoms with Crippen LogP contribution in [0.1, 0.15) is 12.0 Å². The Hall–Kier alpha value is -2.05. The standard InChI is InChI=1S/C18H17NO3S2/c1-22-13-8-6-12(7-9-13)11-19-14-4-2-3-5-15(14)24-16(18(19)23)10-17(20)21/h2-9,16H,10-11H2,1H3,(H,20,21). The van der Waals surface area contributed by atoms with Gasteiger partial charge in [0.05, 0.1) is 29.5 Å². The summed E-state index contributed by atoms with van der Waals surface area (Å²) in [6.45, 7) is 0.608. The van der Waals surface area contributed by atoms with Crippen LogP contribution < -0.4 is 9.64 Å². The fourth-order valence-electron chi connectivity index (χ4n) is 2.64. The van der Waals surface area contributed by atoms with E-state index < -0.39 is 5.97 Å². The van der Waals surface area contributed by atoms with Gasteiger partial charge in [0.15, 0.2) is 0 Å². The van der Waals surface area contributed by atoms with Crippen molar-refractivity contribution in [3.63, 3.8) is 0 Å². The molecule has 24 heavy (non-hydrogen) atoms. The summed E-state index contributed by atoms with van der Waals surface area (Å²) < 4.78 is 5.19. The van der Waals surface area contributed by atoms with Crippen LogP contribution in [0.25, 0.3) is 0 Å². The van der Waals surface area contributed by atoms with Crippen molar-refractivity contribution in [2.45, 2.75) is 23.1 Å². The predicted octanol–water partition coefficient (Wildman–Crippen LogP) is 3.98. The van der Waals surface area contributed by atoms with Crippen LogP contribution in [0, 0.1) is 0 Å². The summed E-state index contributed by atoms with van der Waals surface area (Å²) in [4.78, 5) is 14.9. The number of hydrogen-bond acceptors (Lipinski definition) is 4. The van der Waals surface area contributed by atoms with Crippen molar-refractivity contribution in [3.8, 4) is 5.75 Å². The SMILES string of the molecule is COc1ccc(CN2C(=S)C(CC(=O)O)Sc3ccccc32)cc1. The van der Waals surface area contributed by atoms with Gasteiger partial charge in [-0.25, -0.2) is 0 Å². The monoisotopic (exact) mass is 359 g/mol. The minimum absolute atomic E-state index is 0.0247.